The molecule has 24 heavy (non-hydrogen) atoms. The Labute approximate surface area is 146 Å². The molecule has 2 aromatic carbocycles. The molecular formula is C16H12ClFN4OS. The van der Waals surface area contributed by atoms with Gasteiger partial charge in [-0.3, -0.25) is 9.89 Å². The van der Waals surface area contributed by atoms with Crippen LogP contribution in [0.15, 0.2) is 53.9 Å². The van der Waals surface area contributed by atoms with Crippen molar-refractivity contribution >= 4 is 35.0 Å². The number of amides is 1. The highest BCUT2D eigenvalue weighted by Gasteiger charge is 2.08. The van der Waals surface area contributed by atoms with Crippen LogP contribution in [0.1, 0.15) is 15.9 Å². The number of rotatable bonds is 5. The van der Waals surface area contributed by atoms with Crippen LogP contribution in [0.25, 0.3) is 0 Å². The van der Waals surface area contributed by atoms with Gasteiger partial charge in [0, 0.05) is 17.0 Å². The molecule has 0 saturated heterocycles. The van der Waals surface area contributed by atoms with Gasteiger partial charge in [-0.15, -0.1) is 0 Å². The number of hydrogen-bond acceptors (Lipinski definition) is 4. The minimum atomic E-state index is -0.525. The lowest BCUT2D eigenvalue weighted by Gasteiger charge is -2.07. The first-order valence-electron chi connectivity index (χ1n) is 6.95. The molecule has 3 aromatic rings. The van der Waals surface area contributed by atoms with Crippen LogP contribution in [-0.4, -0.2) is 21.1 Å². The molecule has 0 fully saturated rings. The summed E-state index contributed by atoms with van der Waals surface area (Å²) in [6.07, 6.45) is 1.46. The summed E-state index contributed by atoms with van der Waals surface area (Å²) >= 11 is 7.22. The van der Waals surface area contributed by atoms with E-state index in [1.54, 1.807) is 12.1 Å². The molecule has 0 unspecified atom stereocenters. The zero-order valence-electron chi connectivity index (χ0n) is 12.3. The average Bonchev–Trinajstić information content (AvgIpc) is 3.10. The van der Waals surface area contributed by atoms with Gasteiger partial charge < -0.3 is 5.32 Å². The Hall–Kier alpha value is -2.38. The minimum absolute atomic E-state index is 0.0346. The number of aromatic nitrogens is 3. The third-order valence-electron chi connectivity index (χ3n) is 3.16. The smallest absolute Gasteiger partial charge is 0.255 e. The predicted molar refractivity (Wildman–Crippen MR) is 91.7 cm³/mol. The molecular weight excluding hydrogens is 351 g/mol. The highest BCUT2D eigenvalue weighted by molar-refractivity contribution is 7.98. The highest BCUT2D eigenvalue weighted by Crippen LogP contribution is 2.21. The van der Waals surface area contributed by atoms with Crippen LogP contribution in [-0.2, 0) is 5.75 Å². The molecule has 8 heteroatoms. The molecule has 0 radical (unpaired) electrons. The molecule has 0 bridgehead atoms. The topological polar surface area (TPSA) is 70.7 Å². The van der Waals surface area contributed by atoms with Gasteiger partial charge in [-0.25, -0.2) is 9.37 Å². The second kappa shape index (κ2) is 7.46. The molecule has 0 saturated carbocycles. The van der Waals surface area contributed by atoms with E-state index in [9.17, 15) is 9.18 Å². The summed E-state index contributed by atoms with van der Waals surface area (Å²) in [6.45, 7) is 0. The first-order chi connectivity index (χ1) is 11.6. The van der Waals surface area contributed by atoms with Crippen LogP contribution in [0.4, 0.5) is 10.1 Å². The van der Waals surface area contributed by atoms with Gasteiger partial charge in [0.2, 0.25) is 0 Å². The lowest BCUT2D eigenvalue weighted by Crippen LogP contribution is -2.11. The van der Waals surface area contributed by atoms with Crippen molar-refractivity contribution in [1.82, 2.24) is 15.2 Å². The van der Waals surface area contributed by atoms with Crippen LogP contribution < -0.4 is 5.32 Å². The van der Waals surface area contributed by atoms with Crippen molar-refractivity contribution in [2.24, 2.45) is 0 Å². The number of aromatic amines is 1. The Bertz CT molecular complexity index is 840. The third-order valence-corrected chi connectivity index (χ3v) is 4.40. The van der Waals surface area contributed by atoms with Gasteiger partial charge in [-0.2, -0.15) is 5.10 Å². The molecule has 0 aliphatic rings. The molecule has 2 N–H and O–H groups in total. The van der Waals surface area contributed by atoms with Gasteiger partial charge in [0.1, 0.15) is 12.1 Å². The standard InChI is InChI=1S/C16H12ClFN4OS/c17-13-7-12(5-6-14(13)18)21-15(23)11-3-1-10(2-4-11)8-24-16-19-9-20-22-16/h1-7,9H,8H2,(H,21,23)(H,19,20,22). The molecule has 1 heterocycles. The van der Waals surface area contributed by atoms with Crippen molar-refractivity contribution in [2.45, 2.75) is 10.9 Å². The quantitative estimate of drug-likeness (QED) is 0.669. The fourth-order valence-electron chi connectivity index (χ4n) is 1.94. The molecule has 0 spiro atoms. The molecule has 3 rings (SSSR count). The van der Waals surface area contributed by atoms with Crippen LogP contribution in [0.2, 0.25) is 5.02 Å². The fraction of sp³-hybridized carbons (Fsp3) is 0.0625. The van der Waals surface area contributed by atoms with E-state index >= 15 is 0 Å². The first-order valence-corrected chi connectivity index (χ1v) is 8.32. The van der Waals surface area contributed by atoms with Crippen LogP contribution in [0, 0.1) is 5.82 Å². The molecule has 1 amide bonds. The summed E-state index contributed by atoms with van der Waals surface area (Å²) in [7, 11) is 0. The maximum atomic E-state index is 13.1. The number of nitrogens with one attached hydrogen (secondary N) is 2. The van der Waals surface area contributed by atoms with Gasteiger partial charge in [0.25, 0.3) is 5.91 Å². The fourth-order valence-corrected chi connectivity index (χ4v) is 2.86. The number of carbonyl (C=O) groups is 1. The number of halogens is 2. The van der Waals surface area contributed by atoms with E-state index in [0.29, 0.717) is 17.0 Å². The molecule has 0 aliphatic carbocycles. The van der Waals surface area contributed by atoms with Crippen molar-refractivity contribution in [3.05, 3.63) is 70.8 Å². The van der Waals surface area contributed by atoms with E-state index < -0.39 is 5.82 Å². The number of thioether (sulfide) groups is 1. The van der Waals surface area contributed by atoms with Crippen molar-refractivity contribution in [3.63, 3.8) is 0 Å². The van der Waals surface area contributed by atoms with Gasteiger partial charge in [-0.05, 0) is 35.9 Å². The number of H-pyrrole nitrogens is 1. The Morgan fingerprint density at radius 2 is 2.04 bits per heavy atom. The molecule has 0 aliphatic heterocycles. The monoisotopic (exact) mass is 362 g/mol. The van der Waals surface area contributed by atoms with E-state index in [1.165, 1.54) is 36.3 Å². The van der Waals surface area contributed by atoms with Crippen LogP contribution in [0.5, 0.6) is 0 Å². The van der Waals surface area contributed by atoms with Gasteiger partial charge in [0.05, 0.1) is 5.02 Å². The summed E-state index contributed by atoms with van der Waals surface area (Å²) in [4.78, 5) is 16.2. The Kier molecular flexibility index (Phi) is 5.12. The molecule has 1 aromatic heterocycles. The van der Waals surface area contributed by atoms with Crippen molar-refractivity contribution in [1.29, 1.82) is 0 Å². The Balaban J connectivity index is 1.61. The number of anilines is 1. The van der Waals surface area contributed by atoms with Crippen molar-refractivity contribution in [3.8, 4) is 0 Å². The Morgan fingerprint density at radius 1 is 1.25 bits per heavy atom. The Morgan fingerprint density at radius 3 is 2.71 bits per heavy atom. The van der Waals surface area contributed by atoms with Crippen LogP contribution >= 0.6 is 23.4 Å². The van der Waals surface area contributed by atoms with E-state index in [0.717, 1.165) is 10.7 Å². The van der Waals surface area contributed by atoms with E-state index in [4.69, 9.17) is 11.6 Å². The van der Waals surface area contributed by atoms with Gasteiger partial charge in [-0.1, -0.05) is 35.5 Å². The summed E-state index contributed by atoms with van der Waals surface area (Å²) in [6, 6.07) is 11.2. The third kappa shape index (κ3) is 4.12. The highest BCUT2D eigenvalue weighted by atomic mass is 35.5. The summed E-state index contributed by atoms with van der Waals surface area (Å²) in [5.74, 6) is -0.0969. The summed E-state index contributed by atoms with van der Waals surface area (Å²) < 4.78 is 13.1. The second-order valence-corrected chi connectivity index (χ2v) is 6.23. The zero-order valence-corrected chi connectivity index (χ0v) is 13.9. The normalized spacial score (nSPS) is 10.6. The van der Waals surface area contributed by atoms with Gasteiger partial charge in [0.15, 0.2) is 5.16 Å². The summed E-state index contributed by atoms with van der Waals surface area (Å²) in [5, 5.41) is 9.94. The largest absolute Gasteiger partial charge is 0.322 e. The van der Waals surface area contributed by atoms with Gasteiger partial charge >= 0.3 is 0 Å². The average molecular weight is 363 g/mol. The lowest BCUT2D eigenvalue weighted by atomic mass is 10.1. The van der Waals surface area contributed by atoms with E-state index in [2.05, 4.69) is 20.5 Å². The molecule has 122 valence electrons. The first kappa shape index (κ1) is 16.5. The van der Waals surface area contributed by atoms with Crippen molar-refractivity contribution in [2.75, 3.05) is 5.32 Å². The molecule has 5 nitrogen and oxygen atoms in total. The predicted octanol–water partition coefficient (Wildman–Crippen LogP) is 4.14. The number of carbonyl (C=O) groups excluding carboxylic acids is 1. The molecule has 0 atom stereocenters. The maximum Gasteiger partial charge on any atom is 0.255 e. The lowest BCUT2D eigenvalue weighted by molar-refractivity contribution is 0.102. The number of benzene rings is 2. The summed E-state index contributed by atoms with van der Waals surface area (Å²) in [5.41, 5.74) is 2.00. The van der Waals surface area contributed by atoms with E-state index in [1.807, 2.05) is 12.1 Å². The van der Waals surface area contributed by atoms with E-state index in [-0.39, 0.29) is 10.9 Å². The zero-order chi connectivity index (χ0) is 16.9. The SMILES string of the molecule is O=C(Nc1ccc(F)c(Cl)c1)c1ccc(CSc2ncn[nH]2)cc1. The maximum absolute atomic E-state index is 13.1. The van der Waals surface area contributed by atoms with Crippen molar-refractivity contribution < 1.29 is 9.18 Å². The number of nitrogens with zero attached hydrogens (tertiary/aromatic N) is 2. The minimum Gasteiger partial charge on any atom is -0.322 e. The number of hydrogen-bond donors (Lipinski definition) is 2. The second-order valence-electron chi connectivity index (χ2n) is 4.86. The van der Waals surface area contributed by atoms with Crippen LogP contribution in [0.3, 0.4) is 0 Å².